The summed E-state index contributed by atoms with van der Waals surface area (Å²) in [6.07, 6.45) is 2.28. The first-order chi connectivity index (χ1) is 8.66. The standard InChI is InChI=1S/C14H28N2O3/c1-10(7-6-8-17)15-12(18)16-11-9-13(2,3)19-14(11,4)5/h10-11,17H,6-9H2,1-5H3,(H2,15,16,18). The summed E-state index contributed by atoms with van der Waals surface area (Å²) in [5.74, 6) is 0. The second kappa shape index (κ2) is 6.09. The van der Waals surface area contributed by atoms with Gasteiger partial charge >= 0.3 is 6.03 Å². The third kappa shape index (κ3) is 4.99. The van der Waals surface area contributed by atoms with E-state index in [4.69, 9.17) is 9.84 Å². The molecule has 0 spiro atoms. The number of aliphatic hydroxyl groups is 1. The van der Waals surface area contributed by atoms with E-state index in [1.54, 1.807) is 0 Å². The van der Waals surface area contributed by atoms with Gasteiger partial charge in [0.2, 0.25) is 0 Å². The van der Waals surface area contributed by atoms with E-state index in [0.29, 0.717) is 6.42 Å². The van der Waals surface area contributed by atoms with Crippen LogP contribution in [0.2, 0.25) is 0 Å². The van der Waals surface area contributed by atoms with Crippen molar-refractivity contribution in [1.82, 2.24) is 10.6 Å². The number of rotatable bonds is 5. The van der Waals surface area contributed by atoms with Gasteiger partial charge in [-0.3, -0.25) is 0 Å². The summed E-state index contributed by atoms with van der Waals surface area (Å²) in [4.78, 5) is 11.9. The average Bonchev–Trinajstić information content (AvgIpc) is 2.43. The minimum atomic E-state index is -0.352. The molecule has 0 saturated carbocycles. The lowest BCUT2D eigenvalue weighted by molar-refractivity contribution is -0.0690. The van der Waals surface area contributed by atoms with Crippen LogP contribution < -0.4 is 10.6 Å². The molecule has 0 radical (unpaired) electrons. The van der Waals surface area contributed by atoms with Gasteiger partial charge in [-0.05, 0) is 53.9 Å². The van der Waals surface area contributed by atoms with Gasteiger partial charge in [0.25, 0.3) is 0 Å². The van der Waals surface area contributed by atoms with E-state index in [1.165, 1.54) is 0 Å². The number of ether oxygens (including phenoxy) is 1. The molecule has 0 aromatic rings. The highest BCUT2D eigenvalue weighted by molar-refractivity contribution is 5.74. The van der Waals surface area contributed by atoms with Gasteiger partial charge in [-0.25, -0.2) is 4.79 Å². The van der Waals surface area contributed by atoms with Crippen LogP contribution in [0.15, 0.2) is 0 Å². The summed E-state index contributed by atoms with van der Waals surface area (Å²) in [5.41, 5.74) is -0.556. The molecule has 1 aliphatic rings. The minimum Gasteiger partial charge on any atom is -0.396 e. The van der Waals surface area contributed by atoms with Gasteiger partial charge in [0.05, 0.1) is 17.2 Å². The van der Waals surface area contributed by atoms with Gasteiger partial charge in [0.15, 0.2) is 0 Å². The van der Waals surface area contributed by atoms with Gasteiger partial charge in [0, 0.05) is 12.6 Å². The molecule has 5 heteroatoms. The Morgan fingerprint density at radius 2 is 2.05 bits per heavy atom. The van der Waals surface area contributed by atoms with Crippen LogP contribution in [0, 0.1) is 0 Å². The van der Waals surface area contributed by atoms with Crippen molar-refractivity contribution >= 4 is 6.03 Å². The molecule has 3 N–H and O–H groups in total. The Morgan fingerprint density at radius 1 is 1.42 bits per heavy atom. The van der Waals surface area contributed by atoms with E-state index < -0.39 is 0 Å². The number of carbonyl (C=O) groups excluding carboxylic acids is 1. The lowest BCUT2D eigenvalue weighted by Crippen LogP contribution is -2.51. The van der Waals surface area contributed by atoms with Crippen LogP contribution in [0.5, 0.6) is 0 Å². The Balaban J connectivity index is 2.44. The predicted molar refractivity (Wildman–Crippen MR) is 75.1 cm³/mol. The van der Waals surface area contributed by atoms with Crippen molar-refractivity contribution in [1.29, 1.82) is 0 Å². The molecule has 19 heavy (non-hydrogen) atoms. The Hall–Kier alpha value is -0.810. The SMILES string of the molecule is CC(CCCO)NC(=O)NC1CC(C)(C)OC1(C)C. The van der Waals surface area contributed by atoms with Crippen LogP contribution in [0.25, 0.3) is 0 Å². The van der Waals surface area contributed by atoms with E-state index in [0.717, 1.165) is 12.8 Å². The second-order valence-electron chi connectivity index (χ2n) is 6.61. The number of hydrogen-bond acceptors (Lipinski definition) is 3. The van der Waals surface area contributed by atoms with Crippen LogP contribution >= 0.6 is 0 Å². The zero-order valence-electron chi connectivity index (χ0n) is 12.7. The first-order valence-electron chi connectivity index (χ1n) is 7.04. The molecule has 1 fully saturated rings. The molecule has 112 valence electrons. The quantitative estimate of drug-likeness (QED) is 0.714. The molecule has 2 unspecified atom stereocenters. The molecule has 1 saturated heterocycles. The van der Waals surface area contributed by atoms with Gasteiger partial charge in [-0.15, -0.1) is 0 Å². The lowest BCUT2D eigenvalue weighted by atomic mass is 9.95. The van der Waals surface area contributed by atoms with Gasteiger partial charge in [-0.2, -0.15) is 0 Å². The molecule has 2 atom stereocenters. The van der Waals surface area contributed by atoms with Gasteiger partial charge in [-0.1, -0.05) is 0 Å². The first kappa shape index (κ1) is 16.2. The molecule has 2 amide bonds. The highest BCUT2D eigenvalue weighted by Gasteiger charge is 2.46. The minimum absolute atomic E-state index is 0.00698. The number of aliphatic hydroxyl groups excluding tert-OH is 1. The second-order valence-corrected chi connectivity index (χ2v) is 6.61. The molecular weight excluding hydrogens is 244 g/mol. The summed E-state index contributed by atoms with van der Waals surface area (Å²) < 4.78 is 5.94. The number of carbonyl (C=O) groups is 1. The number of hydrogen-bond donors (Lipinski definition) is 3. The zero-order chi connectivity index (χ0) is 14.7. The van der Waals surface area contributed by atoms with Crippen molar-refractivity contribution in [2.45, 2.75) is 77.2 Å². The average molecular weight is 272 g/mol. The molecule has 1 rings (SSSR count). The third-order valence-electron chi connectivity index (χ3n) is 3.55. The van der Waals surface area contributed by atoms with Crippen molar-refractivity contribution < 1.29 is 14.6 Å². The molecular formula is C14H28N2O3. The molecule has 0 aliphatic carbocycles. The Kier molecular flexibility index (Phi) is 5.21. The highest BCUT2D eigenvalue weighted by Crippen LogP contribution is 2.37. The van der Waals surface area contributed by atoms with E-state index in [-0.39, 0.29) is 35.9 Å². The molecule has 0 bridgehead atoms. The van der Waals surface area contributed by atoms with E-state index in [2.05, 4.69) is 10.6 Å². The Bertz CT molecular complexity index is 316. The molecule has 1 heterocycles. The summed E-state index contributed by atoms with van der Waals surface area (Å²) >= 11 is 0. The smallest absolute Gasteiger partial charge is 0.315 e. The van der Waals surface area contributed by atoms with Crippen molar-refractivity contribution in [2.24, 2.45) is 0 Å². The fourth-order valence-electron chi connectivity index (χ4n) is 2.68. The van der Waals surface area contributed by atoms with Gasteiger partial charge < -0.3 is 20.5 Å². The molecule has 5 nitrogen and oxygen atoms in total. The van der Waals surface area contributed by atoms with E-state index >= 15 is 0 Å². The highest BCUT2D eigenvalue weighted by atomic mass is 16.5. The van der Waals surface area contributed by atoms with Crippen LogP contribution in [-0.2, 0) is 4.74 Å². The third-order valence-corrected chi connectivity index (χ3v) is 3.55. The summed E-state index contributed by atoms with van der Waals surface area (Å²) in [6.45, 7) is 10.2. The maximum atomic E-state index is 11.9. The number of nitrogens with one attached hydrogen (secondary N) is 2. The maximum absolute atomic E-state index is 11.9. The maximum Gasteiger partial charge on any atom is 0.315 e. The zero-order valence-corrected chi connectivity index (χ0v) is 12.7. The van der Waals surface area contributed by atoms with Crippen molar-refractivity contribution in [2.75, 3.05) is 6.61 Å². The van der Waals surface area contributed by atoms with Crippen molar-refractivity contribution in [3.8, 4) is 0 Å². The van der Waals surface area contributed by atoms with Crippen LogP contribution in [0.1, 0.15) is 53.9 Å². The fourth-order valence-corrected chi connectivity index (χ4v) is 2.68. The van der Waals surface area contributed by atoms with Crippen molar-refractivity contribution in [3.05, 3.63) is 0 Å². The van der Waals surface area contributed by atoms with Crippen LogP contribution in [0.4, 0.5) is 4.79 Å². The number of amides is 2. The molecule has 0 aromatic heterocycles. The summed E-state index contributed by atoms with van der Waals surface area (Å²) in [7, 11) is 0. The summed E-state index contributed by atoms with van der Waals surface area (Å²) in [5, 5.41) is 14.6. The van der Waals surface area contributed by atoms with Crippen LogP contribution in [-0.4, -0.2) is 41.0 Å². The topological polar surface area (TPSA) is 70.6 Å². The largest absolute Gasteiger partial charge is 0.396 e. The van der Waals surface area contributed by atoms with E-state index in [1.807, 2.05) is 34.6 Å². The summed E-state index contributed by atoms with van der Waals surface area (Å²) in [6, 6.07) is -0.0945. The van der Waals surface area contributed by atoms with Crippen LogP contribution in [0.3, 0.4) is 0 Å². The fraction of sp³-hybridized carbons (Fsp3) is 0.929. The monoisotopic (exact) mass is 272 g/mol. The normalized spacial score (nSPS) is 25.9. The first-order valence-corrected chi connectivity index (χ1v) is 7.04. The molecule has 1 aliphatic heterocycles. The Morgan fingerprint density at radius 3 is 2.53 bits per heavy atom. The molecule has 0 aromatic carbocycles. The Labute approximate surface area is 116 Å². The van der Waals surface area contributed by atoms with E-state index in [9.17, 15) is 4.79 Å². The van der Waals surface area contributed by atoms with Gasteiger partial charge in [0.1, 0.15) is 0 Å². The lowest BCUT2D eigenvalue weighted by Gasteiger charge is -2.28. The van der Waals surface area contributed by atoms with Crippen molar-refractivity contribution in [3.63, 3.8) is 0 Å². The number of urea groups is 1. The predicted octanol–water partition coefficient (Wildman–Crippen LogP) is 1.79.